The molecule has 3 heteroatoms. The summed E-state index contributed by atoms with van der Waals surface area (Å²) in [4.78, 5) is 10.8. The van der Waals surface area contributed by atoms with E-state index < -0.39 is 0 Å². The van der Waals surface area contributed by atoms with Crippen LogP contribution >= 0.6 is 0 Å². The second-order valence-corrected chi connectivity index (χ2v) is 3.43. The van der Waals surface area contributed by atoms with Gasteiger partial charge in [-0.15, -0.1) is 0 Å². The van der Waals surface area contributed by atoms with Crippen LogP contribution in [0, 0.1) is 0 Å². The lowest BCUT2D eigenvalue weighted by atomic mass is 10.2. The molecule has 0 saturated heterocycles. The van der Waals surface area contributed by atoms with Gasteiger partial charge in [-0.2, -0.15) is 0 Å². The molecule has 0 atom stereocenters. The number of hydrogen-bond donors (Lipinski definition) is 0. The molecule has 0 fully saturated rings. The van der Waals surface area contributed by atoms with Crippen LogP contribution in [0.5, 0.6) is 5.75 Å². The molecule has 0 aliphatic heterocycles. The number of fused-ring (bicyclic) bond motifs is 1. The van der Waals surface area contributed by atoms with Gasteiger partial charge >= 0.3 is 5.97 Å². The van der Waals surface area contributed by atoms with Gasteiger partial charge in [0.1, 0.15) is 12.8 Å². The number of nitrogens with zero attached hydrogens (tertiary/aromatic N) is 1. The third-order valence-electron chi connectivity index (χ3n) is 2.23. The van der Waals surface area contributed by atoms with Crippen LogP contribution in [-0.2, 0) is 11.8 Å². The van der Waals surface area contributed by atoms with E-state index in [-0.39, 0.29) is 5.97 Å². The molecule has 1 heterocycles. The summed E-state index contributed by atoms with van der Waals surface area (Å²) >= 11 is 0. The molecule has 0 radical (unpaired) electrons. The van der Waals surface area contributed by atoms with E-state index >= 15 is 0 Å². The predicted octanol–water partition coefficient (Wildman–Crippen LogP) is 1.59. The van der Waals surface area contributed by atoms with Crippen LogP contribution in [0.15, 0.2) is 36.5 Å². The van der Waals surface area contributed by atoms with E-state index in [1.54, 1.807) is 6.07 Å². The number of aromatic nitrogens is 1. The van der Waals surface area contributed by atoms with E-state index in [4.69, 9.17) is 4.74 Å². The summed E-state index contributed by atoms with van der Waals surface area (Å²) in [6.45, 7) is 1.40. The summed E-state index contributed by atoms with van der Waals surface area (Å²) in [7, 11) is 1.96. The van der Waals surface area contributed by atoms with Gasteiger partial charge in [-0.25, -0.2) is 4.57 Å². The molecule has 3 nitrogen and oxygen atoms in total. The van der Waals surface area contributed by atoms with Gasteiger partial charge in [0.25, 0.3) is 0 Å². The predicted molar refractivity (Wildman–Crippen MR) is 56.4 cm³/mol. The first-order chi connectivity index (χ1) is 7.16. The van der Waals surface area contributed by atoms with Gasteiger partial charge in [0.05, 0.1) is 6.07 Å². The van der Waals surface area contributed by atoms with Crippen LogP contribution in [-0.4, -0.2) is 5.97 Å². The SMILES string of the molecule is CC(=O)Oc1ccc2ccc[n+](C)c2c1. The minimum atomic E-state index is -0.298. The highest BCUT2D eigenvalue weighted by Crippen LogP contribution is 2.17. The number of rotatable bonds is 1. The first-order valence-electron chi connectivity index (χ1n) is 4.73. The van der Waals surface area contributed by atoms with E-state index in [1.165, 1.54) is 6.92 Å². The van der Waals surface area contributed by atoms with Crippen molar-refractivity contribution in [2.75, 3.05) is 0 Å². The molecule has 0 spiro atoms. The Balaban J connectivity index is 2.54. The molecule has 15 heavy (non-hydrogen) atoms. The Morgan fingerprint density at radius 3 is 2.87 bits per heavy atom. The molecule has 0 saturated carbocycles. The van der Waals surface area contributed by atoms with Crippen molar-refractivity contribution in [2.24, 2.45) is 7.05 Å². The molecule has 1 aromatic carbocycles. The van der Waals surface area contributed by atoms with Crippen molar-refractivity contribution in [2.45, 2.75) is 6.92 Å². The van der Waals surface area contributed by atoms with Crippen LogP contribution in [0.25, 0.3) is 10.9 Å². The van der Waals surface area contributed by atoms with Crippen LogP contribution in [0.2, 0.25) is 0 Å². The quantitative estimate of drug-likeness (QED) is 0.399. The van der Waals surface area contributed by atoms with E-state index in [2.05, 4.69) is 0 Å². The van der Waals surface area contributed by atoms with Crippen LogP contribution in [0.3, 0.4) is 0 Å². The summed E-state index contributed by atoms with van der Waals surface area (Å²) in [5, 5.41) is 1.12. The van der Waals surface area contributed by atoms with Gasteiger partial charge in [-0.05, 0) is 18.2 Å². The maximum atomic E-state index is 10.8. The summed E-state index contributed by atoms with van der Waals surface area (Å²) in [5.74, 6) is 0.282. The molecular weight excluding hydrogens is 190 g/mol. The van der Waals surface area contributed by atoms with Crippen LogP contribution in [0.4, 0.5) is 0 Å². The molecular formula is C12H12NO2+. The normalized spacial score (nSPS) is 10.3. The number of ether oxygens (including phenoxy) is 1. The molecule has 0 unspecified atom stereocenters. The lowest BCUT2D eigenvalue weighted by Gasteiger charge is -2.01. The summed E-state index contributed by atoms with van der Waals surface area (Å²) < 4.78 is 7.01. The third-order valence-corrected chi connectivity index (χ3v) is 2.23. The molecule has 2 rings (SSSR count). The lowest BCUT2D eigenvalue weighted by molar-refractivity contribution is -0.644. The maximum absolute atomic E-state index is 10.8. The Kier molecular flexibility index (Phi) is 2.37. The number of carbonyl (C=O) groups is 1. The molecule has 0 amide bonds. The Hall–Kier alpha value is -1.90. The Morgan fingerprint density at radius 1 is 1.33 bits per heavy atom. The molecule has 0 aliphatic rings. The van der Waals surface area contributed by atoms with Gasteiger partial charge in [-0.1, -0.05) is 0 Å². The average Bonchev–Trinajstić information content (AvgIpc) is 2.18. The zero-order valence-electron chi connectivity index (χ0n) is 8.73. The average molecular weight is 202 g/mol. The zero-order valence-corrected chi connectivity index (χ0v) is 8.73. The zero-order chi connectivity index (χ0) is 10.8. The van der Waals surface area contributed by atoms with Crippen molar-refractivity contribution in [1.82, 2.24) is 0 Å². The first kappa shape index (κ1) is 9.65. The minimum Gasteiger partial charge on any atom is -0.426 e. The largest absolute Gasteiger partial charge is 0.426 e. The molecule has 2 aromatic rings. The van der Waals surface area contributed by atoms with Crippen molar-refractivity contribution in [1.29, 1.82) is 0 Å². The van der Waals surface area contributed by atoms with Crippen molar-refractivity contribution in [3.8, 4) is 5.75 Å². The molecule has 1 aromatic heterocycles. The van der Waals surface area contributed by atoms with E-state index in [0.29, 0.717) is 5.75 Å². The standard InChI is InChI=1S/C12H12NO2/c1-9(14)15-11-6-5-10-4-3-7-13(2)12(10)8-11/h3-8H,1-2H3/q+1. The van der Waals surface area contributed by atoms with E-state index in [9.17, 15) is 4.79 Å². The third kappa shape index (κ3) is 1.96. The second kappa shape index (κ2) is 3.69. The Labute approximate surface area is 87.9 Å². The summed E-state index contributed by atoms with van der Waals surface area (Å²) in [6, 6.07) is 9.59. The van der Waals surface area contributed by atoms with Crippen LogP contribution < -0.4 is 9.30 Å². The Morgan fingerprint density at radius 2 is 2.13 bits per heavy atom. The topological polar surface area (TPSA) is 30.2 Å². The maximum Gasteiger partial charge on any atom is 0.308 e. The van der Waals surface area contributed by atoms with Crippen molar-refractivity contribution in [3.63, 3.8) is 0 Å². The minimum absolute atomic E-state index is 0.298. The lowest BCUT2D eigenvalue weighted by Crippen LogP contribution is -2.27. The molecule has 0 N–H and O–H groups in total. The fraction of sp³-hybridized carbons (Fsp3) is 0.167. The molecule has 0 bridgehead atoms. The van der Waals surface area contributed by atoms with Crippen molar-refractivity contribution in [3.05, 3.63) is 36.5 Å². The number of esters is 1. The fourth-order valence-electron chi connectivity index (χ4n) is 1.56. The highest BCUT2D eigenvalue weighted by molar-refractivity contribution is 5.78. The molecule has 0 aliphatic carbocycles. The van der Waals surface area contributed by atoms with E-state index in [1.807, 2.05) is 42.1 Å². The highest BCUT2D eigenvalue weighted by Gasteiger charge is 2.06. The summed E-state index contributed by atoms with van der Waals surface area (Å²) in [5.41, 5.74) is 1.04. The monoisotopic (exact) mass is 202 g/mol. The van der Waals surface area contributed by atoms with Gasteiger partial charge in [0.15, 0.2) is 6.20 Å². The Bertz CT molecular complexity index is 520. The molecule has 76 valence electrons. The number of hydrogen-bond acceptors (Lipinski definition) is 2. The van der Waals surface area contributed by atoms with Crippen molar-refractivity contribution < 1.29 is 14.1 Å². The number of benzene rings is 1. The highest BCUT2D eigenvalue weighted by atomic mass is 16.5. The summed E-state index contributed by atoms with van der Waals surface area (Å²) in [6.07, 6.45) is 1.96. The van der Waals surface area contributed by atoms with Gasteiger partial charge in [0.2, 0.25) is 5.52 Å². The number of aryl methyl sites for hydroxylation is 1. The van der Waals surface area contributed by atoms with Gasteiger partial charge < -0.3 is 4.74 Å². The van der Waals surface area contributed by atoms with Gasteiger partial charge in [0, 0.05) is 18.4 Å². The van der Waals surface area contributed by atoms with Gasteiger partial charge in [-0.3, -0.25) is 4.79 Å². The second-order valence-electron chi connectivity index (χ2n) is 3.43. The smallest absolute Gasteiger partial charge is 0.308 e. The van der Waals surface area contributed by atoms with Crippen molar-refractivity contribution >= 4 is 16.9 Å². The van der Waals surface area contributed by atoms with Crippen LogP contribution in [0.1, 0.15) is 6.92 Å². The number of pyridine rings is 1. The van der Waals surface area contributed by atoms with E-state index in [0.717, 1.165) is 10.9 Å². The fourth-order valence-corrected chi connectivity index (χ4v) is 1.56. The number of carbonyl (C=O) groups excluding carboxylic acids is 1. The first-order valence-corrected chi connectivity index (χ1v) is 4.73.